The minimum absolute atomic E-state index is 0.145. The Morgan fingerprint density at radius 1 is 1.33 bits per heavy atom. The molecule has 0 aliphatic carbocycles. The summed E-state index contributed by atoms with van der Waals surface area (Å²) in [6.07, 6.45) is 4.57. The number of nitro groups is 1. The number of nitro benzene ring substituents is 1. The number of non-ortho nitro benzene ring substituents is 1. The summed E-state index contributed by atoms with van der Waals surface area (Å²) >= 11 is 0. The van der Waals surface area contributed by atoms with Crippen LogP contribution in [0.2, 0.25) is 0 Å². The Kier molecular flexibility index (Phi) is 4.15. The second kappa shape index (κ2) is 5.82. The van der Waals surface area contributed by atoms with E-state index in [1.807, 2.05) is 12.1 Å². The Morgan fingerprint density at radius 2 is 2.06 bits per heavy atom. The number of anilines is 1. The van der Waals surface area contributed by atoms with Crippen molar-refractivity contribution in [1.29, 1.82) is 0 Å². The minimum Gasteiger partial charge on any atom is -0.368 e. The normalized spacial score (nSPS) is 19.8. The molecule has 0 radical (unpaired) electrons. The van der Waals surface area contributed by atoms with Crippen LogP contribution in [0.5, 0.6) is 0 Å². The number of nitrogens with two attached hydrogens (primary N) is 1. The van der Waals surface area contributed by atoms with Gasteiger partial charge in [0.05, 0.1) is 4.92 Å². The zero-order valence-corrected chi connectivity index (χ0v) is 10.4. The lowest BCUT2D eigenvalue weighted by Gasteiger charge is -2.37. The van der Waals surface area contributed by atoms with E-state index in [-0.39, 0.29) is 10.6 Å². The summed E-state index contributed by atoms with van der Waals surface area (Å²) in [6, 6.07) is 7.30. The first kappa shape index (κ1) is 12.8. The lowest BCUT2D eigenvalue weighted by Crippen LogP contribution is -2.40. The van der Waals surface area contributed by atoms with Crippen molar-refractivity contribution in [3.63, 3.8) is 0 Å². The number of nitrogens with zero attached hydrogens (tertiary/aromatic N) is 2. The predicted molar refractivity (Wildman–Crippen MR) is 71.8 cm³/mol. The molecule has 0 saturated carbocycles. The molecule has 1 heterocycles. The Balaban J connectivity index is 2.15. The van der Waals surface area contributed by atoms with E-state index in [4.69, 9.17) is 5.73 Å². The zero-order valence-electron chi connectivity index (χ0n) is 10.4. The number of hydrogen-bond acceptors (Lipinski definition) is 4. The molecular weight excluding hydrogens is 230 g/mol. The molecule has 0 aromatic heterocycles. The van der Waals surface area contributed by atoms with Crippen LogP contribution in [0.25, 0.3) is 0 Å². The van der Waals surface area contributed by atoms with Crippen molar-refractivity contribution in [2.75, 3.05) is 18.0 Å². The number of hydrogen-bond donors (Lipinski definition) is 1. The van der Waals surface area contributed by atoms with Gasteiger partial charge in [0.25, 0.3) is 5.69 Å². The van der Waals surface area contributed by atoms with E-state index in [9.17, 15) is 10.1 Å². The summed E-state index contributed by atoms with van der Waals surface area (Å²) in [5, 5.41) is 10.6. The largest absolute Gasteiger partial charge is 0.368 e. The van der Waals surface area contributed by atoms with E-state index in [0.29, 0.717) is 12.6 Å². The van der Waals surface area contributed by atoms with Gasteiger partial charge in [0.15, 0.2) is 0 Å². The first-order chi connectivity index (χ1) is 8.72. The molecule has 1 aliphatic rings. The summed E-state index contributed by atoms with van der Waals surface area (Å²) in [7, 11) is 0. The van der Waals surface area contributed by atoms with Gasteiger partial charge >= 0.3 is 0 Å². The van der Waals surface area contributed by atoms with Crippen molar-refractivity contribution < 1.29 is 4.92 Å². The van der Waals surface area contributed by atoms with Gasteiger partial charge in [-0.1, -0.05) is 0 Å². The van der Waals surface area contributed by atoms with Crippen LogP contribution in [0.3, 0.4) is 0 Å². The molecule has 98 valence electrons. The summed E-state index contributed by atoms with van der Waals surface area (Å²) in [6.45, 7) is 1.70. The maximum absolute atomic E-state index is 10.6. The Hall–Kier alpha value is -1.62. The van der Waals surface area contributed by atoms with Crippen molar-refractivity contribution in [1.82, 2.24) is 0 Å². The van der Waals surface area contributed by atoms with Crippen molar-refractivity contribution in [3.8, 4) is 0 Å². The second-order valence-corrected chi connectivity index (χ2v) is 4.69. The Labute approximate surface area is 107 Å². The van der Waals surface area contributed by atoms with E-state index < -0.39 is 0 Å². The van der Waals surface area contributed by atoms with E-state index >= 15 is 0 Å². The summed E-state index contributed by atoms with van der Waals surface area (Å²) in [5.41, 5.74) is 6.86. The fraction of sp³-hybridized carbons (Fsp3) is 0.538. The van der Waals surface area contributed by atoms with E-state index in [0.717, 1.165) is 25.1 Å². The molecule has 1 aliphatic heterocycles. The van der Waals surface area contributed by atoms with E-state index in [1.54, 1.807) is 12.1 Å². The molecule has 2 N–H and O–H groups in total. The van der Waals surface area contributed by atoms with Gasteiger partial charge in [-0.3, -0.25) is 10.1 Å². The minimum atomic E-state index is -0.364. The van der Waals surface area contributed by atoms with Gasteiger partial charge in [-0.05, 0) is 44.4 Å². The predicted octanol–water partition coefficient (Wildman–Crippen LogP) is 2.30. The molecule has 1 aromatic carbocycles. The van der Waals surface area contributed by atoms with Crippen molar-refractivity contribution in [3.05, 3.63) is 34.4 Å². The molecule has 1 fully saturated rings. The van der Waals surface area contributed by atoms with Crippen LogP contribution in [-0.2, 0) is 0 Å². The molecule has 1 unspecified atom stereocenters. The highest BCUT2D eigenvalue weighted by Crippen LogP contribution is 2.27. The molecule has 0 spiro atoms. The highest BCUT2D eigenvalue weighted by Gasteiger charge is 2.22. The van der Waals surface area contributed by atoms with Crippen LogP contribution in [0.4, 0.5) is 11.4 Å². The molecule has 1 aromatic rings. The molecule has 5 heteroatoms. The molecule has 1 atom stereocenters. The monoisotopic (exact) mass is 249 g/mol. The lowest BCUT2D eigenvalue weighted by atomic mass is 9.98. The van der Waals surface area contributed by atoms with Gasteiger partial charge in [-0.25, -0.2) is 0 Å². The second-order valence-electron chi connectivity index (χ2n) is 4.69. The molecule has 18 heavy (non-hydrogen) atoms. The highest BCUT2D eigenvalue weighted by atomic mass is 16.6. The summed E-state index contributed by atoms with van der Waals surface area (Å²) in [4.78, 5) is 12.6. The van der Waals surface area contributed by atoms with Crippen LogP contribution in [0.1, 0.15) is 25.7 Å². The van der Waals surface area contributed by atoms with Crippen LogP contribution < -0.4 is 10.6 Å². The number of benzene rings is 1. The molecule has 2 rings (SSSR count). The smallest absolute Gasteiger partial charge is 0.269 e. The van der Waals surface area contributed by atoms with Crippen molar-refractivity contribution >= 4 is 11.4 Å². The third-order valence-electron chi connectivity index (χ3n) is 3.52. The fourth-order valence-corrected chi connectivity index (χ4v) is 2.60. The van der Waals surface area contributed by atoms with Gasteiger partial charge < -0.3 is 10.6 Å². The van der Waals surface area contributed by atoms with Crippen LogP contribution in [-0.4, -0.2) is 24.1 Å². The SMILES string of the molecule is NCCC1CCCCN1c1ccc([N+](=O)[O-])cc1. The fourth-order valence-electron chi connectivity index (χ4n) is 2.60. The van der Waals surface area contributed by atoms with Crippen molar-refractivity contribution in [2.24, 2.45) is 5.73 Å². The standard InChI is InChI=1S/C13H19N3O2/c14-9-8-11-3-1-2-10-15(11)12-4-6-13(7-5-12)16(17)18/h4-7,11H,1-3,8-10,14H2. The summed E-state index contributed by atoms with van der Waals surface area (Å²) < 4.78 is 0. The Morgan fingerprint density at radius 3 is 2.67 bits per heavy atom. The summed E-state index contributed by atoms with van der Waals surface area (Å²) in [5.74, 6) is 0. The number of piperidine rings is 1. The molecule has 0 bridgehead atoms. The van der Waals surface area contributed by atoms with Crippen LogP contribution in [0.15, 0.2) is 24.3 Å². The molecule has 1 saturated heterocycles. The quantitative estimate of drug-likeness (QED) is 0.656. The molecular formula is C13H19N3O2. The van der Waals surface area contributed by atoms with Crippen LogP contribution in [0, 0.1) is 10.1 Å². The van der Waals surface area contributed by atoms with Crippen molar-refractivity contribution in [2.45, 2.75) is 31.7 Å². The lowest BCUT2D eigenvalue weighted by molar-refractivity contribution is -0.384. The first-order valence-electron chi connectivity index (χ1n) is 6.43. The third kappa shape index (κ3) is 2.79. The average molecular weight is 249 g/mol. The van der Waals surface area contributed by atoms with E-state index in [1.165, 1.54) is 12.8 Å². The Bertz CT molecular complexity index is 403. The number of rotatable bonds is 4. The highest BCUT2D eigenvalue weighted by molar-refractivity contribution is 5.51. The van der Waals surface area contributed by atoms with Gasteiger partial charge in [-0.2, -0.15) is 0 Å². The maximum atomic E-state index is 10.6. The zero-order chi connectivity index (χ0) is 13.0. The van der Waals surface area contributed by atoms with Gasteiger partial charge in [0, 0.05) is 30.4 Å². The van der Waals surface area contributed by atoms with Gasteiger partial charge in [0.2, 0.25) is 0 Å². The van der Waals surface area contributed by atoms with Gasteiger partial charge in [-0.15, -0.1) is 0 Å². The van der Waals surface area contributed by atoms with Crippen LogP contribution >= 0.6 is 0 Å². The molecule has 0 amide bonds. The maximum Gasteiger partial charge on any atom is 0.269 e. The topological polar surface area (TPSA) is 72.4 Å². The third-order valence-corrected chi connectivity index (χ3v) is 3.52. The van der Waals surface area contributed by atoms with Gasteiger partial charge in [0.1, 0.15) is 0 Å². The molecule has 5 nitrogen and oxygen atoms in total. The average Bonchev–Trinajstić information content (AvgIpc) is 2.40. The first-order valence-corrected chi connectivity index (χ1v) is 6.43. The van der Waals surface area contributed by atoms with E-state index in [2.05, 4.69) is 4.90 Å².